The van der Waals surface area contributed by atoms with Gasteiger partial charge in [-0.05, 0) is 47.4 Å². The SMILES string of the molecule is CC(O)c1ccccc1-c1ccc(N2CC[C@H](Oc3ccc(C(F)(F)F)cn3)C2)cc1CO. The van der Waals surface area contributed by atoms with Crippen molar-refractivity contribution in [2.45, 2.75) is 38.3 Å². The van der Waals surface area contributed by atoms with Crippen LogP contribution in [-0.2, 0) is 12.8 Å². The van der Waals surface area contributed by atoms with Crippen LogP contribution in [0, 0.1) is 0 Å². The molecule has 1 aliphatic heterocycles. The molecule has 1 aromatic heterocycles. The molecule has 2 aromatic carbocycles. The van der Waals surface area contributed by atoms with Crippen LogP contribution in [0.2, 0.25) is 0 Å². The van der Waals surface area contributed by atoms with Crippen LogP contribution in [0.1, 0.15) is 36.1 Å². The third kappa shape index (κ3) is 5.12. The lowest BCUT2D eigenvalue weighted by molar-refractivity contribution is -0.137. The summed E-state index contributed by atoms with van der Waals surface area (Å²) in [6.45, 7) is 2.82. The van der Waals surface area contributed by atoms with E-state index in [1.807, 2.05) is 42.5 Å². The standard InChI is InChI=1S/C25H25F3N2O3/c1-16(32)21-4-2-3-5-23(21)22-8-7-19(12-17(22)15-31)30-11-10-20(14-30)33-24-9-6-18(13-29-24)25(26,27)28/h2-9,12-13,16,20,31-32H,10-11,14-15H2,1H3/t16?,20-/m0/s1. The molecule has 0 saturated carbocycles. The second-order valence-corrected chi connectivity index (χ2v) is 8.12. The minimum absolute atomic E-state index is 0.152. The van der Waals surface area contributed by atoms with Crippen molar-refractivity contribution < 1.29 is 28.1 Å². The van der Waals surface area contributed by atoms with Gasteiger partial charge in [-0.1, -0.05) is 30.3 Å². The predicted octanol–water partition coefficient (Wildman–Crippen LogP) is 4.97. The Morgan fingerprint density at radius 2 is 1.91 bits per heavy atom. The Balaban J connectivity index is 1.48. The van der Waals surface area contributed by atoms with Crippen LogP contribution in [0.3, 0.4) is 0 Å². The summed E-state index contributed by atoms with van der Waals surface area (Å²) in [5.74, 6) is 0.163. The smallest absolute Gasteiger partial charge is 0.417 e. The number of nitrogens with zero attached hydrogens (tertiary/aromatic N) is 2. The first-order valence-corrected chi connectivity index (χ1v) is 10.7. The number of pyridine rings is 1. The molecule has 2 atom stereocenters. The molecule has 1 saturated heterocycles. The fourth-order valence-corrected chi connectivity index (χ4v) is 4.12. The number of aliphatic hydroxyl groups is 2. The zero-order valence-electron chi connectivity index (χ0n) is 18.1. The number of halogens is 3. The molecule has 1 fully saturated rings. The number of anilines is 1. The Kier molecular flexibility index (Phi) is 6.58. The van der Waals surface area contributed by atoms with E-state index in [4.69, 9.17) is 4.74 Å². The molecule has 0 bridgehead atoms. The van der Waals surface area contributed by atoms with Crippen molar-refractivity contribution in [3.8, 4) is 17.0 Å². The summed E-state index contributed by atoms with van der Waals surface area (Å²) >= 11 is 0. The van der Waals surface area contributed by atoms with Crippen molar-refractivity contribution in [1.82, 2.24) is 4.98 Å². The molecule has 5 nitrogen and oxygen atoms in total. The lowest BCUT2D eigenvalue weighted by Gasteiger charge is -2.22. The Hall–Kier alpha value is -3.10. The van der Waals surface area contributed by atoms with Gasteiger partial charge in [0, 0.05) is 30.9 Å². The van der Waals surface area contributed by atoms with Gasteiger partial charge in [0.2, 0.25) is 5.88 Å². The highest BCUT2D eigenvalue weighted by molar-refractivity contribution is 5.73. The average Bonchev–Trinajstić information content (AvgIpc) is 3.27. The number of hydrogen-bond donors (Lipinski definition) is 2. The maximum Gasteiger partial charge on any atom is 0.417 e. The molecular weight excluding hydrogens is 433 g/mol. The van der Waals surface area contributed by atoms with Crippen molar-refractivity contribution in [2.75, 3.05) is 18.0 Å². The third-order valence-electron chi connectivity index (χ3n) is 5.82. The van der Waals surface area contributed by atoms with Crippen LogP contribution in [0.4, 0.5) is 18.9 Å². The summed E-state index contributed by atoms with van der Waals surface area (Å²) in [5, 5.41) is 20.1. The maximum absolute atomic E-state index is 12.7. The molecule has 2 heterocycles. The molecule has 3 aromatic rings. The first-order valence-electron chi connectivity index (χ1n) is 10.7. The number of aliphatic hydroxyl groups excluding tert-OH is 2. The van der Waals surface area contributed by atoms with Crippen LogP contribution in [0.15, 0.2) is 60.8 Å². The van der Waals surface area contributed by atoms with Crippen molar-refractivity contribution in [3.05, 3.63) is 77.5 Å². The van der Waals surface area contributed by atoms with Crippen molar-refractivity contribution >= 4 is 5.69 Å². The fraction of sp³-hybridized carbons (Fsp3) is 0.320. The summed E-state index contributed by atoms with van der Waals surface area (Å²) in [6.07, 6.45) is -3.80. The molecule has 1 aliphatic rings. The van der Waals surface area contributed by atoms with Gasteiger partial charge in [-0.15, -0.1) is 0 Å². The molecule has 4 rings (SSSR count). The molecule has 2 N–H and O–H groups in total. The van der Waals surface area contributed by atoms with Gasteiger partial charge in [-0.25, -0.2) is 4.98 Å². The zero-order valence-corrected chi connectivity index (χ0v) is 18.1. The van der Waals surface area contributed by atoms with Gasteiger partial charge in [-0.3, -0.25) is 0 Å². The van der Waals surface area contributed by atoms with Gasteiger partial charge in [0.1, 0.15) is 6.10 Å². The van der Waals surface area contributed by atoms with Gasteiger partial charge in [0.25, 0.3) is 0 Å². The molecule has 0 radical (unpaired) electrons. The lowest BCUT2D eigenvalue weighted by Crippen LogP contribution is -2.25. The molecule has 8 heteroatoms. The Morgan fingerprint density at radius 1 is 1.12 bits per heavy atom. The van der Waals surface area contributed by atoms with E-state index in [0.717, 1.165) is 40.2 Å². The molecule has 0 aliphatic carbocycles. The number of hydrogen-bond acceptors (Lipinski definition) is 5. The quantitative estimate of drug-likeness (QED) is 0.546. The van der Waals surface area contributed by atoms with E-state index in [0.29, 0.717) is 19.5 Å². The number of rotatable bonds is 6. The summed E-state index contributed by atoms with van der Waals surface area (Å²) in [7, 11) is 0. The molecule has 1 unspecified atom stereocenters. The highest BCUT2D eigenvalue weighted by atomic mass is 19.4. The predicted molar refractivity (Wildman–Crippen MR) is 119 cm³/mol. The zero-order chi connectivity index (χ0) is 23.6. The van der Waals surface area contributed by atoms with E-state index in [-0.39, 0.29) is 18.6 Å². The summed E-state index contributed by atoms with van der Waals surface area (Å²) in [4.78, 5) is 5.90. The number of aromatic nitrogens is 1. The lowest BCUT2D eigenvalue weighted by atomic mass is 9.93. The van der Waals surface area contributed by atoms with Crippen molar-refractivity contribution in [1.29, 1.82) is 0 Å². The molecular formula is C25H25F3N2O3. The van der Waals surface area contributed by atoms with Crippen LogP contribution < -0.4 is 9.64 Å². The molecule has 174 valence electrons. The van der Waals surface area contributed by atoms with Gasteiger partial charge in [0.05, 0.1) is 24.8 Å². The van der Waals surface area contributed by atoms with E-state index in [1.54, 1.807) is 6.92 Å². The average molecular weight is 458 g/mol. The van der Waals surface area contributed by atoms with E-state index < -0.39 is 17.8 Å². The van der Waals surface area contributed by atoms with Crippen LogP contribution >= 0.6 is 0 Å². The number of ether oxygens (including phenoxy) is 1. The highest BCUT2D eigenvalue weighted by Gasteiger charge is 2.31. The van der Waals surface area contributed by atoms with Crippen LogP contribution in [0.5, 0.6) is 5.88 Å². The Bertz CT molecular complexity index is 1100. The Morgan fingerprint density at radius 3 is 2.58 bits per heavy atom. The van der Waals surface area contributed by atoms with E-state index in [9.17, 15) is 23.4 Å². The van der Waals surface area contributed by atoms with Gasteiger partial charge in [-0.2, -0.15) is 13.2 Å². The minimum atomic E-state index is -4.43. The van der Waals surface area contributed by atoms with Gasteiger partial charge >= 0.3 is 6.18 Å². The molecule has 0 spiro atoms. The minimum Gasteiger partial charge on any atom is -0.472 e. The molecule has 33 heavy (non-hydrogen) atoms. The Labute approximate surface area is 190 Å². The van der Waals surface area contributed by atoms with Gasteiger partial charge in [0.15, 0.2) is 0 Å². The monoisotopic (exact) mass is 458 g/mol. The van der Waals surface area contributed by atoms with Crippen molar-refractivity contribution in [3.63, 3.8) is 0 Å². The first-order chi connectivity index (χ1) is 15.8. The van der Waals surface area contributed by atoms with E-state index in [2.05, 4.69) is 9.88 Å². The van der Waals surface area contributed by atoms with Crippen molar-refractivity contribution in [2.24, 2.45) is 0 Å². The topological polar surface area (TPSA) is 65.8 Å². The third-order valence-corrected chi connectivity index (χ3v) is 5.82. The van der Waals surface area contributed by atoms with Gasteiger partial charge < -0.3 is 19.8 Å². The number of benzene rings is 2. The fourth-order valence-electron chi connectivity index (χ4n) is 4.12. The number of alkyl halides is 3. The normalized spacial score (nSPS) is 17.3. The summed E-state index contributed by atoms with van der Waals surface area (Å²) in [5.41, 5.74) is 3.38. The second-order valence-electron chi connectivity index (χ2n) is 8.12. The summed E-state index contributed by atoms with van der Waals surface area (Å²) < 4.78 is 43.9. The largest absolute Gasteiger partial charge is 0.472 e. The van der Waals surface area contributed by atoms with Crippen LogP contribution in [-0.4, -0.2) is 34.4 Å². The second kappa shape index (κ2) is 9.41. The van der Waals surface area contributed by atoms with E-state index in [1.165, 1.54) is 6.07 Å². The molecule has 0 amide bonds. The summed E-state index contributed by atoms with van der Waals surface area (Å²) in [6, 6.07) is 15.6. The maximum atomic E-state index is 12.7. The van der Waals surface area contributed by atoms with Crippen LogP contribution in [0.25, 0.3) is 11.1 Å². The highest BCUT2D eigenvalue weighted by Crippen LogP contribution is 2.34. The first kappa shape index (κ1) is 23.1. The van der Waals surface area contributed by atoms with E-state index >= 15 is 0 Å².